The van der Waals surface area contributed by atoms with Gasteiger partial charge in [0.15, 0.2) is 0 Å². The average Bonchev–Trinajstić information content (AvgIpc) is 2.37. The number of ether oxygens (including phenoxy) is 1. The zero-order valence-electron chi connectivity index (χ0n) is 12.9. The highest BCUT2D eigenvalue weighted by atomic mass is 16.5. The zero-order valence-corrected chi connectivity index (χ0v) is 12.9. The molecule has 1 aliphatic carbocycles. The highest BCUT2D eigenvalue weighted by Crippen LogP contribution is 2.41. The van der Waals surface area contributed by atoms with Crippen LogP contribution in [0.5, 0.6) is 0 Å². The molecule has 0 aromatic rings. The summed E-state index contributed by atoms with van der Waals surface area (Å²) in [5.74, 6) is 0.708. The third-order valence-corrected chi connectivity index (χ3v) is 4.71. The molecule has 1 aliphatic rings. The molecule has 0 aromatic carbocycles. The van der Waals surface area contributed by atoms with E-state index in [0.29, 0.717) is 17.4 Å². The normalized spacial score (nSPS) is 22.7. The summed E-state index contributed by atoms with van der Waals surface area (Å²) in [6.07, 6.45) is 9.45. The van der Waals surface area contributed by atoms with Crippen molar-refractivity contribution in [1.29, 1.82) is 0 Å². The Hall–Kier alpha value is -0.0800. The molecule has 2 nitrogen and oxygen atoms in total. The van der Waals surface area contributed by atoms with Gasteiger partial charge >= 0.3 is 0 Å². The van der Waals surface area contributed by atoms with E-state index in [1.54, 1.807) is 0 Å². The van der Waals surface area contributed by atoms with Crippen LogP contribution in [0.1, 0.15) is 65.7 Å². The fourth-order valence-electron chi connectivity index (χ4n) is 3.58. The molecule has 18 heavy (non-hydrogen) atoms. The quantitative estimate of drug-likeness (QED) is 0.708. The number of rotatable bonds is 8. The Labute approximate surface area is 114 Å². The molecule has 2 unspecified atom stereocenters. The first-order valence-electron chi connectivity index (χ1n) is 7.86. The second-order valence-electron chi connectivity index (χ2n) is 6.41. The second-order valence-corrected chi connectivity index (χ2v) is 6.41. The molecule has 1 N–H and O–H groups in total. The third kappa shape index (κ3) is 4.55. The molecule has 0 aromatic heterocycles. The maximum Gasteiger partial charge on any atom is 0.0465 e. The molecular weight excluding hydrogens is 222 g/mol. The van der Waals surface area contributed by atoms with E-state index in [9.17, 15) is 0 Å². The first-order valence-corrected chi connectivity index (χ1v) is 7.86. The minimum Gasteiger partial charge on any atom is -0.385 e. The van der Waals surface area contributed by atoms with E-state index < -0.39 is 0 Å². The summed E-state index contributed by atoms with van der Waals surface area (Å²) in [4.78, 5) is 0. The number of nitrogens with one attached hydrogen (secondary N) is 1. The minimum atomic E-state index is 0.501. The van der Waals surface area contributed by atoms with Gasteiger partial charge in [0.05, 0.1) is 0 Å². The van der Waals surface area contributed by atoms with E-state index in [0.717, 1.165) is 13.2 Å². The van der Waals surface area contributed by atoms with Crippen molar-refractivity contribution in [2.75, 3.05) is 20.3 Å². The maximum absolute atomic E-state index is 5.26. The van der Waals surface area contributed by atoms with Crippen molar-refractivity contribution >= 4 is 0 Å². The fourth-order valence-corrected chi connectivity index (χ4v) is 3.58. The molecule has 0 bridgehead atoms. The van der Waals surface area contributed by atoms with Gasteiger partial charge in [-0.2, -0.15) is 0 Å². The Balaban J connectivity index is 2.62. The molecule has 1 rings (SSSR count). The maximum atomic E-state index is 5.26. The summed E-state index contributed by atoms with van der Waals surface area (Å²) in [5, 5.41) is 3.83. The van der Waals surface area contributed by atoms with Gasteiger partial charge in [-0.3, -0.25) is 0 Å². The molecule has 0 spiro atoms. The van der Waals surface area contributed by atoms with Crippen LogP contribution in [-0.2, 0) is 4.74 Å². The third-order valence-electron chi connectivity index (χ3n) is 4.71. The number of methoxy groups -OCH3 is 1. The van der Waals surface area contributed by atoms with Crippen LogP contribution in [0.15, 0.2) is 0 Å². The molecule has 0 amide bonds. The van der Waals surface area contributed by atoms with Crippen molar-refractivity contribution in [3.05, 3.63) is 0 Å². The number of hydrogen-bond acceptors (Lipinski definition) is 2. The Kier molecular flexibility index (Phi) is 7.25. The summed E-state index contributed by atoms with van der Waals surface area (Å²) >= 11 is 0. The van der Waals surface area contributed by atoms with Crippen molar-refractivity contribution in [1.82, 2.24) is 5.32 Å². The Morgan fingerprint density at radius 3 is 2.44 bits per heavy atom. The highest BCUT2D eigenvalue weighted by molar-refractivity contribution is 4.92. The standard InChI is InChI=1S/C16H33NO/c1-5-12-17-15(14(2)9-13-18-4)16(3)10-7-6-8-11-16/h14-15,17H,5-13H2,1-4H3. The van der Waals surface area contributed by atoms with Crippen molar-refractivity contribution in [2.24, 2.45) is 11.3 Å². The van der Waals surface area contributed by atoms with Crippen molar-refractivity contribution < 1.29 is 4.74 Å². The lowest BCUT2D eigenvalue weighted by Crippen LogP contribution is -2.49. The van der Waals surface area contributed by atoms with Crippen LogP contribution in [0, 0.1) is 11.3 Å². The smallest absolute Gasteiger partial charge is 0.0465 e. The van der Waals surface area contributed by atoms with E-state index in [4.69, 9.17) is 4.74 Å². The van der Waals surface area contributed by atoms with Gasteiger partial charge in [0.2, 0.25) is 0 Å². The van der Waals surface area contributed by atoms with Crippen LogP contribution < -0.4 is 5.32 Å². The van der Waals surface area contributed by atoms with Crippen molar-refractivity contribution in [3.8, 4) is 0 Å². The molecular formula is C16H33NO. The molecule has 2 heteroatoms. The van der Waals surface area contributed by atoms with Gasteiger partial charge in [-0.15, -0.1) is 0 Å². The van der Waals surface area contributed by atoms with E-state index in [2.05, 4.69) is 26.1 Å². The van der Waals surface area contributed by atoms with Gasteiger partial charge < -0.3 is 10.1 Å². The van der Waals surface area contributed by atoms with E-state index in [-0.39, 0.29) is 0 Å². The van der Waals surface area contributed by atoms with Gasteiger partial charge in [-0.25, -0.2) is 0 Å². The topological polar surface area (TPSA) is 21.3 Å². The van der Waals surface area contributed by atoms with Crippen LogP contribution >= 0.6 is 0 Å². The molecule has 1 fully saturated rings. The largest absolute Gasteiger partial charge is 0.385 e. The Bertz CT molecular complexity index is 211. The zero-order chi connectivity index (χ0) is 13.4. The minimum absolute atomic E-state index is 0.501. The number of hydrogen-bond donors (Lipinski definition) is 1. The van der Waals surface area contributed by atoms with Crippen LogP contribution in [0.3, 0.4) is 0 Å². The molecule has 0 saturated heterocycles. The summed E-state index contributed by atoms with van der Waals surface area (Å²) in [7, 11) is 1.81. The summed E-state index contributed by atoms with van der Waals surface area (Å²) < 4.78 is 5.26. The van der Waals surface area contributed by atoms with E-state index >= 15 is 0 Å². The lowest BCUT2D eigenvalue weighted by Gasteiger charge is -2.44. The van der Waals surface area contributed by atoms with Gasteiger partial charge in [0, 0.05) is 19.8 Å². The van der Waals surface area contributed by atoms with Gasteiger partial charge in [-0.05, 0) is 43.6 Å². The van der Waals surface area contributed by atoms with Crippen molar-refractivity contribution in [3.63, 3.8) is 0 Å². The van der Waals surface area contributed by atoms with Gasteiger partial charge in [-0.1, -0.05) is 40.0 Å². The monoisotopic (exact) mass is 255 g/mol. The van der Waals surface area contributed by atoms with Crippen LogP contribution in [0.25, 0.3) is 0 Å². The Morgan fingerprint density at radius 1 is 1.22 bits per heavy atom. The molecule has 1 saturated carbocycles. The fraction of sp³-hybridized carbons (Fsp3) is 1.00. The molecule has 0 radical (unpaired) electrons. The molecule has 2 atom stereocenters. The van der Waals surface area contributed by atoms with Crippen molar-refractivity contribution in [2.45, 2.75) is 71.8 Å². The Morgan fingerprint density at radius 2 is 1.89 bits per heavy atom. The summed E-state index contributed by atoms with van der Waals surface area (Å²) in [6, 6.07) is 0.660. The summed E-state index contributed by atoms with van der Waals surface area (Å²) in [6.45, 7) is 9.20. The van der Waals surface area contributed by atoms with Gasteiger partial charge in [0.1, 0.15) is 0 Å². The first-order chi connectivity index (χ1) is 8.64. The molecule has 108 valence electrons. The molecule has 0 aliphatic heterocycles. The predicted octanol–water partition coefficient (Wildman–Crippen LogP) is 4.00. The first kappa shape index (κ1) is 16.0. The van der Waals surface area contributed by atoms with Crippen LogP contribution in [0.4, 0.5) is 0 Å². The SMILES string of the molecule is CCCNC(C(C)CCOC)C1(C)CCCCC1. The lowest BCUT2D eigenvalue weighted by molar-refractivity contribution is 0.0883. The van der Waals surface area contributed by atoms with Gasteiger partial charge in [0.25, 0.3) is 0 Å². The second kappa shape index (κ2) is 8.16. The van der Waals surface area contributed by atoms with Crippen LogP contribution in [0.2, 0.25) is 0 Å². The summed E-state index contributed by atoms with van der Waals surface area (Å²) in [5.41, 5.74) is 0.501. The van der Waals surface area contributed by atoms with Crippen LogP contribution in [-0.4, -0.2) is 26.3 Å². The average molecular weight is 255 g/mol. The van der Waals surface area contributed by atoms with E-state index in [1.165, 1.54) is 44.9 Å². The molecule has 0 heterocycles. The highest BCUT2D eigenvalue weighted by Gasteiger charge is 2.37. The predicted molar refractivity (Wildman–Crippen MR) is 78.9 cm³/mol. The lowest BCUT2D eigenvalue weighted by atomic mass is 9.66. The van der Waals surface area contributed by atoms with E-state index in [1.807, 2.05) is 7.11 Å².